The number of alkyl halides is 1. The van der Waals surface area contributed by atoms with Crippen molar-refractivity contribution in [3.05, 3.63) is 0 Å². The number of ether oxygens (including phenoxy) is 4. The van der Waals surface area contributed by atoms with E-state index in [1.807, 2.05) is 0 Å². The van der Waals surface area contributed by atoms with E-state index in [0.717, 1.165) is 0 Å². The lowest BCUT2D eigenvalue weighted by Crippen LogP contribution is -2.67. The molecular formula is C20H23FO10. The van der Waals surface area contributed by atoms with E-state index in [0.29, 0.717) is 0 Å². The van der Waals surface area contributed by atoms with Crippen molar-refractivity contribution >= 4 is 17.9 Å². The number of aliphatic hydroxyl groups is 3. The average molecular weight is 442 g/mol. The molecule has 6 aliphatic rings. The van der Waals surface area contributed by atoms with Crippen LogP contribution in [0.1, 0.15) is 27.7 Å². The highest BCUT2D eigenvalue weighted by Crippen LogP contribution is 2.84. The first kappa shape index (κ1) is 19.8. The summed E-state index contributed by atoms with van der Waals surface area (Å²) in [7, 11) is 0. The van der Waals surface area contributed by atoms with Gasteiger partial charge in [0.1, 0.15) is 18.4 Å². The summed E-state index contributed by atoms with van der Waals surface area (Å²) in [6.07, 6.45) is -10.7. The first-order chi connectivity index (χ1) is 14.3. The number of fused-ring (bicyclic) bond motifs is 1. The van der Waals surface area contributed by atoms with Crippen LogP contribution in [-0.4, -0.2) is 81.3 Å². The van der Waals surface area contributed by atoms with E-state index in [4.69, 9.17) is 18.9 Å². The van der Waals surface area contributed by atoms with E-state index in [2.05, 4.69) is 0 Å². The zero-order chi connectivity index (χ0) is 22.7. The van der Waals surface area contributed by atoms with Crippen molar-refractivity contribution < 1.29 is 53.0 Å². The Bertz CT molecular complexity index is 962. The molecule has 0 radical (unpaired) electrons. The summed E-state index contributed by atoms with van der Waals surface area (Å²) in [5, 5.41) is 34.5. The standard InChI is InChI=1S/C20H23FO10/c1-5-12(24)28-11-8(22)18-10-6(21)7(16(2,3)4)17(18)9(23)13(25)30-15(17)31-20(18,14(26)29-10)19(5,11)27/h5-11,15,22-23,27H,1-4H3/t5-,6+,7+,8+,9-,10?,11?,15?,17?,18?,19-,20?/m1/s1. The molecule has 0 amide bonds. The van der Waals surface area contributed by atoms with Gasteiger partial charge < -0.3 is 34.3 Å². The predicted molar refractivity (Wildman–Crippen MR) is 92.3 cm³/mol. The SMILES string of the molecule is C[C@@H]1C(=O)OC2[C@H](O)C34C5OC(=O)C3(OC3OC(=O)[C@@H](O)C34[C@H](C(C)(C)C)[C@@H]5F)[C@]21O. The number of esters is 3. The summed E-state index contributed by atoms with van der Waals surface area (Å²) in [6, 6.07) is 0. The Labute approximate surface area is 175 Å². The number of rotatable bonds is 0. The molecule has 0 bridgehead atoms. The van der Waals surface area contributed by atoms with Gasteiger partial charge in [-0.15, -0.1) is 0 Å². The van der Waals surface area contributed by atoms with Gasteiger partial charge in [-0.2, -0.15) is 0 Å². The predicted octanol–water partition coefficient (Wildman–Crippen LogP) is -1.42. The van der Waals surface area contributed by atoms with Crippen LogP contribution in [0, 0.1) is 28.1 Å². The summed E-state index contributed by atoms with van der Waals surface area (Å²) < 4.78 is 38.1. The molecule has 2 saturated carbocycles. The summed E-state index contributed by atoms with van der Waals surface area (Å²) in [5.41, 5.74) is -9.91. The Morgan fingerprint density at radius 2 is 1.65 bits per heavy atom. The van der Waals surface area contributed by atoms with Gasteiger partial charge in [0.15, 0.2) is 17.8 Å². The van der Waals surface area contributed by atoms with Crippen LogP contribution in [0.5, 0.6) is 0 Å². The minimum absolute atomic E-state index is 0.874. The monoisotopic (exact) mass is 442 g/mol. The van der Waals surface area contributed by atoms with Crippen molar-refractivity contribution in [3.63, 3.8) is 0 Å². The molecule has 4 aliphatic heterocycles. The molecule has 0 aromatic heterocycles. The third kappa shape index (κ3) is 1.43. The minimum Gasteiger partial charge on any atom is -0.456 e. The van der Waals surface area contributed by atoms with Crippen LogP contribution in [0.15, 0.2) is 0 Å². The fraction of sp³-hybridized carbons (Fsp3) is 0.850. The van der Waals surface area contributed by atoms with Crippen molar-refractivity contribution in [3.8, 4) is 0 Å². The Morgan fingerprint density at radius 1 is 1.00 bits per heavy atom. The largest absolute Gasteiger partial charge is 0.456 e. The third-order valence-electron chi connectivity index (χ3n) is 8.91. The molecule has 170 valence electrons. The van der Waals surface area contributed by atoms with Crippen LogP contribution in [0.2, 0.25) is 0 Å². The maximum Gasteiger partial charge on any atom is 0.343 e. The molecule has 4 heterocycles. The zero-order valence-corrected chi connectivity index (χ0v) is 17.2. The van der Waals surface area contributed by atoms with Gasteiger partial charge in [0.05, 0.1) is 16.7 Å². The lowest BCUT2D eigenvalue weighted by Gasteiger charge is -2.47. The number of halogens is 1. The second-order valence-electron chi connectivity index (χ2n) is 10.7. The van der Waals surface area contributed by atoms with Crippen LogP contribution in [0.3, 0.4) is 0 Å². The number of carbonyl (C=O) groups is 3. The first-order valence-corrected chi connectivity index (χ1v) is 10.3. The summed E-state index contributed by atoms with van der Waals surface area (Å²) in [6.45, 7) is 6.36. The fourth-order valence-electron chi connectivity index (χ4n) is 8.19. The van der Waals surface area contributed by atoms with Gasteiger partial charge >= 0.3 is 17.9 Å². The molecule has 6 fully saturated rings. The van der Waals surface area contributed by atoms with E-state index < -0.39 is 94.1 Å². The molecule has 12 atom stereocenters. The van der Waals surface area contributed by atoms with Gasteiger partial charge in [-0.25, -0.2) is 14.0 Å². The van der Waals surface area contributed by atoms with E-state index >= 15 is 4.39 Å². The molecule has 2 aliphatic carbocycles. The average Bonchev–Trinajstić information content (AvgIpc) is 3.35. The summed E-state index contributed by atoms with van der Waals surface area (Å²) >= 11 is 0. The summed E-state index contributed by atoms with van der Waals surface area (Å²) in [4.78, 5) is 38.2. The lowest BCUT2D eigenvalue weighted by atomic mass is 9.51. The van der Waals surface area contributed by atoms with Crippen LogP contribution in [-0.2, 0) is 33.3 Å². The molecule has 6 rings (SSSR count). The third-order valence-corrected chi connectivity index (χ3v) is 8.91. The smallest absolute Gasteiger partial charge is 0.343 e. The Morgan fingerprint density at radius 3 is 2.26 bits per heavy atom. The molecule has 11 heteroatoms. The quantitative estimate of drug-likeness (QED) is 0.301. The molecule has 4 saturated heterocycles. The molecule has 6 unspecified atom stereocenters. The highest BCUT2D eigenvalue weighted by atomic mass is 19.1. The highest BCUT2D eigenvalue weighted by molar-refractivity contribution is 5.94. The van der Waals surface area contributed by atoms with Gasteiger partial charge in [0, 0.05) is 5.92 Å². The maximum atomic E-state index is 16.2. The molecule has 3 N–H and O–H groups in total. The molecular weight excluding hydrogens is 419 g/mol. The zero-order valence-electron chi connectivity index (χ0n) is 17.2. The molecule has 0 aromatic rings. The van der Waals surface area contributed by atoms with Crippen LogP contribution in [0.25, 0.3) is 0 Å². The molecule has 0 aromatic carbocycles. The maximum absolute atomic E-state index is 16.2. The van der Waals surface area contributed by atoms with Crippen LogP contribution in [0.4, 0.5) is 4.39 Å². The van der Waals surface area contributed by atoms with Crippen molar-refractivity contribution in [1.29, 1.82) is 0 Å². The first-order valence-electron chi connectivity index (χ1n) is 10.3. The number of hydrogen-bond donors (Lipinski definition) is 3. The number of hydrogen-bond acceptors (Lipinski definition) is 10. The van der Waals surface area contributed by atoms with Gasteiger partial charge in [-0.1, -0.05) is 20.8 Å². The molecule has 2 spiro atoms. The van der Waals surface area contributed by atoms with E-state index in [9.17, 15) is 29.7 Å². The Kier molecular flexibility index (Phi) is 3.14. The van der Waals surface area contributed by atoms with E-state index in [1.165, 1.54) is 6.92 Å². The van der Waals surface area contributed by atoms with Crippen LogP contribution >= 0.6 is 0 Å². The van der Waals surface area contributed by atoms with Crippen molar-refractivity contribution in [2.75, 3.05) is 0 Å². The Hall–Kier alpha value is -1.82. The van der Waals surface area contributed by atoms with Gasteiger partial charge in [-0.05, 0) is 12.3 Å². The van der Waals surface area contributed by atoms with Crippen LogP contribution < -0.4 is 0 Å². The van der Waals surface area contributed by atoms with Gasteiger partial charge in [0.25, 0.3) is 0 Å². The lowest BCUT2D eigenvalue weighted by molar-refractivity contribution is -0.240. The van der Waals surface area contributed by atoms with Crippen molar-refractivity contribution in [2.45, 2.75) is 75.8 Å². The van der Waals surface area contributed by atoms with Crippen molar-refractivity contribution in [2.24, 2.45) is 28.1 Å². The van der Waals surface area contributed by atoms with Crippen molar-refractivity contribution in [1.82, 2.24) is 0 Å². The molecule has 10 nitrogen and oxygen atoms in total. The number of aliphatic hydroxyl groups excluding tert-OH is 2. The Balaban J connectivity index is 1.75. The van der Waals surface area contributed by atoms with E-state index in [-0.39, 0.29) is 0 Å². The topological polar surface area (TPSA) is 149 Å². The van der Waals surface area contributed by atoms with E-state index in [1.54, 1.807) is 20.8 Å². The minimum atomic E-state index is -2.48. The normalized spacial score (nSPS) is 61.0. The summed E-state index contributed by atoms with van der Waals surface area (Å²) in [5.74, 6) is -5.65. The molecule has 31 heavy (non-hydrogen) atoms. The second kappa shape index (κ2) is 4.90. The van der Waals surface area contributed by atoms with Gasteiger partial charge in [-0.3, -0.25) is 4.79 Å². The highest BCUT2D eigenvalue weighted by Gasteiger charge is 3.05. The second-order valence-corrected chi connectivity index (χ2v) is 10.7. The van der Waals surface area contributed by atoms with Gasteiger partial charge in [0.2, 0.25) is 11.9 Å². The number of carbonyl (C=O) groups excluding carboxylic acids is 3. The fourth-order valence-corrected chi connectivity index (χ4v) is 8.19.